The fraction of sp³-hybridized carbons (Fsp3) is 0. The average Bonchev–Trinajstić information content (AvgIpc) is 2.29. The highest BCUT2D eigenvalue weighted by molar-refractivity contribution is 6.30. The molecular weight excluding hydrogens is 204 g/mol. The van der Waals surface area contributed by atoms with E-state index in [2.05, 4.69) is 18.7 Å². The zero-order valence-electron chi connectivity index (χ0n) is 8.28. The van der Waals surface area contributed by atoms with E-state index in [0.717, 1.165) is 21.7 Å². The summed E-state index contributed by atoms with van der Waals surface area (Å²) in [5, 5.41) is 0.761. The van der Waals surface area contributed by atoms with Gasteiger partial charge in [0, 0.05) is 5.02 Å². The molecule has 0 aliphatic rings. The van der Waals surface area contributed by atoms with E-state index in [4.69, 9.17) is 11.6 Å². The van der Waals surface area contributed by atoms with Crippen molar-refractivity contribution >= 4 is 17.7 Å². The maximum Gasteiger partial charge on any atom is 0.0412 e. The first-order chi connectivity index (χ1) is 7.29. The van der Waals surface area contributed by atoms with Gasteiger partial charge in [-0.15, -0.1) is 0 Å². The predicted molar refractivity (Wildman–Crippen MR) is 67.0 cm³/mol. The van der Waals surface area contributed by atoms with Crippen molar-refractivity contribution in [1.82, 2.24) is 0 Å². The first-order valence-corrected chi connectivity index (χ1v) is 5.16. The van der Waals surface area contributed by atoms with Crippen molar-refractivity contribution in [3.05, 3.63) is 65.7 Å². The lowest BCUT2D eigenvalue weighted by Gasteiger charge is -2.03. The van der Waals surface area contributed by atoms with E-state index in [1.165, 1.54) is 0 Å². The molecule has 0 heterocycles. The van der Waals surface area contributed by atoms with Gasteiger partial charge in [-0.25, -0.2) is 0 Å². The molecule has 15 heavy (non-hydrogen) atoms. The van der Waals surface area contributed by atoms with Crippen LogP contribution in [0.4, 0.5) is 0 Å². The van der Waals surface area contributed by atoms with Crippen molar-refractivity contribution in [3.63, 3.8) is 0 Å². The molecule has 0 radical (unpaired) electrons. The van der Waals surface area contributed by atoms with Crippen LogP contribution in [-0.4, -0.2) is 0 Å². The van der Waals surface area contributed by atoms with Crippen LogP contribution in [0.25, 0.3) is 17.2 Å². The van der Waals surface area contributed by atoms with Gasteiger partial charge in [-0.2, -0.15) is 0 Å². The second-order valence-electron chi connectivity index (χ2n) is 3.34. The van der Waals surface area contributed by atoms with Crippen molar-refractivity contribution < 1.29 is 0 Å². The first-order valence-electron chi connectivity index (χ1n) is 4.78. The van der Waals surface area contributed by atoms with E-state index in [0.29, 0.717) is 0 Å². The molecule has 0 aliphatic heterocycles. The molecule has 0 aromatic heterocycles. The molecule has 0 saturated carbocycles. The van der Waals surface area contributed by atoms with Gasteiger partial charge in [0.15, 0.2) is 0 Å². The molecule has 0 unspecified atom stereocenters. The van der Waals surface area contributed by atoms with Crippen molar-refractivity contribution in [2.24, 2.45) is 0 Å². The third-order valence-corrected chi connectivity index (χ3v) is 2.52. The summed E-state index contributed by atoms with van der Waals surface area (Å²) in [6.07, 6.45) is 1.84. The van der Waals surface area contributed by atoms with E-state index in [9.17, 15) is 0 Å². The van der Waals surface area contributed by atoms with Crippen LogP contribution in [0, 0.1) is 0 Å². The van der Waals surface area contributed by atoms with Crippen LogP contribution in [0.5, 0.6) is 0 Å². The number of rotatable bonds is 2. The van der Waals surface area contributed by atoms with E-state index in [-0.39, 0.29) is 0 Å². The second-order valence-corrected chi connectivity index (χ2v) is 3.78. The van der Waals surface area contributed by atoms with Gasteiger partial charge in [0.2, 0.25) is 0 Å². The quantitative estimate of drug-likeness (QED) is 0.683. The standard InChI is InChI=1S/C14H11Cl/c1-2-11-5-3-6-12(9-11)13-7-4-8-14(15)10-13/h2-10H,1H2. The monoisotopic (exact) mass is 214 g/mol. The Morgan fingerprint density at radius 2 is 1.60 bits per heavy atom. The van der Waals surface area contributed by atoms with E-state index in [1.807, 2.05) is 42.5 Å². The van der Waals surface area contributed by atoms with Crippen LogP contribution in [0.3, 0.4) is 0 Å². The topological polar surface area (TPSA) is 0 Å². The van der Waals surface area contributed by atoms with E-state index < -0.39 is 0 Å². The Balaban J connectivity index is 2.49. The lowest BCUT2D eigenvalue weighted by Crippen LogP contribution is -1.78. The van der Waals surface area contributed by atoms with Crippen LogP contribution in [0.1, 0.15) is 5.56 Å². The molecule has 0 N–H and O–H groups in total. The minimum absolute atomic E-state index is 0.761. The summed E-state index contributed by atoms with van der Waals surface area (Å²) in [5.74, 6) is 0. The molecular formula is C14H11Cl. The third kappa shape index (κ3) is 2.28. The van der Waals surface area contributed by atoms with Crippen molar-refractivity contribution in [2.75, 3.05) is 0 Å². The molecule has 74 valence electrons. The third-order valence-electron chi connectivity index (χ3n) is 2.28. The zero-order chi connectivity index (χ0) is 10.7. The SMILES string of the molecule is C=Cc1cccc(-c2cccc(Cl)c2)c1. The smallest absolute Gasteiger partial charge is 0.0412 e. The summed E-state index contributed by atoms with van der Waals surface area (Å²) in [6.45, 7) is 3.76. The number of benzene rings is 2. The molecule has 0 aliphatic carbocycles. The van der Waals surface area contributed by atoms with Gasteiger partial charge >= 0.3 is 0 Å². The molecule has 0 spiro atoms. The van der Waals surface area contributed by atoms with Gasteiger partial charge in [0.25, 0.3) is 0 Å². The summed E-state index contributed by atoms with van der Waals surface area (Å²) < 4.78 is 0. The van der Waals surface area contributed by atoms with Gasteiger partial charge in [-0.3, -0.25) is 0 Å². The highest BCUT2D eigenvalue weighted by Gasteiger charge is 1.98. The molecule has 0 nitrogen and oxygen atoms in total. The summed E-state index contributed by atoms with van der Waals surface area (Å²) in [5.41, 5.74) is 3.41. The van der Waals surface area contributed by atoms with Crippen LogP contribution in [0.15, 0.2) is 55.1 Å². The zero-order valence-corrected chi connectivity index (χ0v) is 9.04. The Kier molecular flexibility index (Phi) is 2.89. The van der Waals surface area contributed by atoms with Crippen LogP contribution in [-0.2, 0) is 0 Å². The maximum absolute atomic E-state index is 5.95. The van der Waals surface area contributed by atoms with Crippen LogP contribution < -0.4 is 0 Å². The molecule has 1 heteroatoms. The van der Waals surface area contributed by atoms with Gasteiger partial charge in [0.05, 0.1) is 0 Å². The maximum atomic E-state index is 5.95. The fourth-order valence-corrected chi connectivity index (χ4v) is 1.70. The Labute approximate surface area is 94.8 Å². The highest BCUT2D eigenvalue weighted by Crippen LogP contribution is 2.23. The summed E-state index contributed by atoms with van der Waals surface area (Å²) >= 11 is 5.95. The lowest BCUT2D eigenvalue weighted by molar-refractivity contribution is 1.60. The predicted octanol–water partition coefficient (Wildman–Crippen LogP) is 4.65. The molecule has 2 aromatic carbocycles. The fourth-order valence-electron chi connectivity index (χ4n) is 1.51. The summed E-state index contributed by atoms with van der Waals surface area (Å²) in [6, 6.07) is 16.1. The number of hydrogen-bond acceptors (Lipinski definition) is 0. The Morgan fingerprint density at radius 1 is 0.933 bits per heavy atom. The largest absolute Gasteiger partial charge is 0.0985 e. The minimum Gasteiger partial charge on any atom is -0.0985 e. The van der Waals surface area contributed by atoms with Gasteiger partial charge < -0.3 is 0 Å². The molecule has 2 rings (SSSR count). The normalized spacial score (nSPS) is 9.93. The van der Waals surface area contributed by atoms with Crippen molar-refractivity contribution in [2.45, 2.75) is 0 Å². The van der Waals surface area contributed by atoms with Gasteiger partial charge in [-0.05, 0) is 34.9 Å². The first kappa shape index (κ1) is 10.0. The van der Waals surface area contributed by atoms with Crippen LogP contribution in [0.2, 0.25) is 5.02 Å². The molecule has 0 fully saturated rings. The average molecular weight is 215 g/mol. The van der Waals surface area contributed by atoms with Gasteiger partial charge in [-0.1, -0.05) is 54.6 Å². The van der Waals surface area contributed by atoms with Gasteiger partial charge in [0.1, 0.15) is 0 Å². The van der Waals surface area contributed by atoms with E-state index in [1.54, 1.807) is 0 Å². The summed E-state index contributed by atoms with van der Waals surface area (Å²) in [7, 11) is 0. The summed E-state index contributed by atoms with van der Waals surface area (Å²) in [4.78, 5) is 0. The van der Waals surface area contributed by atoms with Crippen LogP contribution >= 0.6 is 11.6 Å². The number of hydrogen-bond donors (Lipinski definition) is 0. The highest BCUT2D eigenvalue weighted by atomic mass is 35.5. The van der Waals surface area contributed by atoms with E-state index >= 15 is 0 Å². The molecule has 2 aromatic rings. The van der Waals surface area contributed by atoms with Crippen molar-refractivity contribution in [3.8, 4) is 11.1 Å². The number of halogens is 1. The Morgan fingerprint density at radius 3 is 2.27 bits per heavy atom. The lowest BCUT2D eigenvalue weighted by atomic mass is 10.0. The second kappa shape index (κ2) is 4.33. The Hall–Kier alpha value is -1.53. The van der Waals surface area contributed by atoms with Crippen molar-refractivity contribution in [1.29, 1.82) is 0 Å². The Bertz CT molecular complexity index is 486. The minimum atomic E-state index is 0.761. The molecule has 0 amide bonds. The molecule has 0 saturated heterocycles. The molecule has 0 bridgehead atoms. The molecule has 0 atom stereocenters.